The van der Waals surface area contributed by atoms with E-state index in [2.05, 4.69) is 130 Å². The van der Waals surface area contributed by atoms with Crippen molar-refractivity contribution in [1.82, 2.24) is 0 Å². The molecular weight excluding hydrogens is 781 g/mol. The summed E-state index contributed by atoms with van der Waals surface area (Å²) in [7, 11) is 0. The van der Waals surface area contributed by atoms with E-state index in [0.29, 0.717) is 19.3 Å². The van der Waals surface area contributed by atoms with Crippen LogP contribution in [0.15, 0.2) is 109 Å². The highest BCUT2D eigenvalue weighted by Gasteiger charge is 2.19. The van der Waals surface area contributed by atoms with Crippen LogP contribution in [0.3, 0.4) is 0 Å². The van der Waals surface area contributed by atoms with Gasteiger partial charge < -0.3 is 14.2 Å². The van der Waals surface area contributed by atoms with Crippen molar-refractivity contribution in [3.05, 3.63) is 109 Å². The van der Waals surface area contributed by atoms with Crippen LogP contribution in [0.5, 0.6) is 0 Å². The van der Waals surface area contributed by atoms with Crippen LogP contribution in [0, 0.1) is 0 Å². The van der Waals surface area contributed by atoms with Gasteiger partial charge >= 0.3 is 17.9 Å². The molecule has 0 aliphatic heterocycles. The molecule has 0 heterocycles. The van der Waals surface area contributed by atoms with E-state index in [4.69, 9.17) is 14.2 Å². The Balaban J connectivity index is 4.43. The minimum absolute atomic E-state index is 0.103. The Morgan fingerprint density at radius 3 is 1.10 bits per heavy atom. The second-order valence-electron chi connectivity index (χ2n) is 16.3. The fourth-order valence-corrected chi connectivity index (χ4v) is 6.47. The van der Waals surface area contributed by atoms with Crippen molar-refractivity contribution in [1.29, 1.82) is 0 Å². The zero-order valence-corrected chi connectivity index (χ0v) is 40.5. The number of allylic oxidation sites excluding steroid dienone is 18. The van der Waals surface area contributed by atoms with Gasteiger partial charge in [-0.25, -0.2) is 0 Å². The van der Waals surface area contributed by atoms with Gasteiger partial charge in [-0.15, -0.1) is 0 Å². The van der Waals surface area contributed by atoms with Crippen LogP contribution >= 0.6 is 0 Å². The van der Waals surface area contributed by atoms with E-state index >= 15 is 0 Å². The third kappa shape index (κ3) is 49.0. The molecule has 6 heteroatoms. The molecule has 1 atom stereocenters. The minimum atomic E-state index is -0.807. The van der Waals surface area contributed by atoms with Crippen LogP contribution in [0.4, 0.5) is 0 Å². The summed E-state index contributed by atoms with van der Waals surface area (Å²) >= 11 is 0. The Hall–Kier alpha value is -3.93. The molecule has 0 aromatic heterocycles. The Bertz CT molecular complexity index is 1330. The summed E-state index contributed by atoms with van der Waals surface area (Å²) < 4.78 is 16.7. The van der Waals surface area contributed by atoms with Gasteiger partial charge in [-0.05, 0) is 96.3 Å². The van der Waals surface area contributed by atoms with E-state index < -0.39 is 6.10 Å². The van der Waals surface area contributed by atoms with Gasteiger partial charge in [-0.3, -0.25) is 14.4 Å². The maximum atomic E-state index is 12.7. The molecule has 0 aliphatic carbocycles. The lowest BCUT2D eigenvalue weighted by Crippen LogP contribution is -2.30. The second-order valence-corrected chi connectivity index (χ2v) is 16.3. The molecule has 0 radical (unpaired) electrons. The molecule has 0 fully saturated rings. The number of esters is 3. The molecule has 0 aromatic rings. The molecule has 0 amide bonds. The van der Waals surface area contributed by atoms with Gasteiger partial charge in [0.05, 0.1) is 0 Å². The summed E-state index contributed by atoms with van der Waals surface area (Å²) in [5.41, 5.74) is 0. The lowest BCUT2D eigenvalue weighted by molar-refractivity contribution is -0.167. The van der Waals surface area contributed by atoms with E-state index in [0.717, 1.165) is 122 Å². The number of ether oxygens (including phenoxy) is 3. The molecule has 0 aromatic carbocycles. The fourth-order valence-electron chi connectivity index (χ4n) is 6.47. The van der Waals surface area contributed by atoms with Crippen molar-refractivity contribution in [3.63, 3.8) is 0 Å². The van der Waals surface area contributed by atoms with Crippen molar-refractivity contribution >= 4 is 17.9 Å². The highest BCUT2D eigenvalue weighted by atomic mass is 16.6. The van der Waals surface area contributed by atoms with Crippen molar-refractivity contribution in [2.24, 2.45) is 0 Å². The average Bonchev–Trinajstić information content (AvgIpc) is 3.28. The van der Waals surface area contributed by atoms with Gasteiger partial charge in [-0.2, -0.15) is 0 Å². The van der Waals surface area contributed by atoms with Gasteiger partial charge in [0.25, 0.3) is 0 Å². The first-order valence-corrected chi connectivity index (χ1v) is 25.4. The van der Waals surface area contributed by atoms with E-state index in [1.165, 1.54) is 44.9 Å². The van der Waals surface area contributed by atoms with Crippen LogP contribution in [-0.4, -0.2) is 37.2 Å². The fraction of sp³-hybridized carbons (Fsp3) is 0.632. The number of carbonyl (C=O) groups is 3. The third-order valence-electron chi connectivity index (χ3n) is 10.2. The molecule has 1 unspecified atom stereocenters. The van der Waals surface area contributed by atoms with E-state index in [9.17, 15) is 14.4 Å². The molecule has 0 bridgehead atoms. The lowest BCUT2D eigenvalue weighted by Gasteiger charge is -2.18. The second kappa shape index (κ2) is 50.7. The van der Waals surface area contributed by atoms with Gasteiger partial charge in [0.2, 0.25) is 0 Å². The monoisotopic (exact) mass is 873 g/mol. The maximum absolute atomic E-state index is 12.7. The molecule has 63 heavy (non-hydrogen) atoms. The number of carbonyl (C=O) groups excluding carboxylic acids is 3. The topological polar surface area (TPSA) is 78.9 Å². The summed E-state index contributed by atoms with van der Waals surface area (Å²) in [6.45, 7) is 6.36. The molecule has 0 saturated heterocycles. The molecule has 6 nitrogen and oxygen atoms in total. The highest BCUT2D eigenvalue weighted by Crippen LogP contribution is 2.13. The Kier molecular flexibility index (Phi) is 47.5. The standard InChI is InChI=1S/C57H92O6/c1-4-7-10-13-16-19-21-23-24-25-26-27-28-29-30-31-32-34-35-38-41-44-47-50-56(59)62-53-54(52-61-55(58)49-46-43-40-37-18-15-12-9-6-3)63-57(60)51-48-45-42-39-36-33-22-20-17-14-11-8-5-2/h7,10-11,14,16,19-20,22-24,26-27,29-30,32,34,38,41,54H,4-6,8-9,12-13,15,17-18,21,25,28,31,33,35-37,39-40,42-53H2,1-3H3/b10-7-,14-11-,19-16-,22-20-,24-23-,27-26-,30-29-,34-32-,41-38-. The summed E-state index contributed by atoms with van der Waals surface area (Å²) in [6.07, 6.45) is 68.0. The smallest absolute Gasteiger partial charge is 0.306 e. The quantitative estimate of drug-likeness (QED) is 0.0263. The van der Waals surface area contributed by atoms with Crippen molar-refractivity contribution in [2.75, 3.05) is 13.2 Å². The van der Waals surface area contributed by atoms with Crippen LogP contribution in [-0.2, 0) is 28.6 Å². The zero-order valence-electron chi connectivity index (χ0n) is 40.5. The third-order valence-corrected chi connectivity index (χ3v) is 10.2. The molecule has 356 valence electrons. The first-order chi connectivity index (χ1) is 31.0. The molecule has 0 aliphatic rings. The Morgan fingerprint density at radius 2 is 0.667 bits per heavy atom. The van der Waals surface area contributed by atoms with Crippen LogP contribution in [0.2, 0.25) is 0 Å². The van der Waals surface area contributed by atoms with Gasteiger partial charge in [0.1, 0.15) is 13.2 Å². The molecule has 0 spiro atoms. The lowest BCUT2D eigenvalue weighted by atomic mass is 10.1. The van der Waals surface area contributed by atoms with E-state index in [1.807, 2.05) is 0 Å². The minimum Gasteiger partial charge on any atom is -0.462 e. The predicted octanol–water partition coefficient (Wildman–Crippen LogP) is 16.8. The van der Waals surface area contributed by atoms with Crippen molar-refractivity contribution in [2.45, 2.75) is 219 Å². The zero-order chi connectivity index (χ0) is 45.8. The molecule has 0 saturated carbocycles. The van der Waals surface area contributed by atoms with Crippen LogP contribution in [0.25, 0.3) is 0 Å². The molecule has 0 N–H and O–H groups in total. The van der Waals surface area contributed by atoms with E-state index in [1.54, 1.807) is 0 Å². The summed E-state index contributed by atoms with van der Waals surface area (Å²) in [6, 6.07) is 0. The normalized spacial score (nSPS) is 13.0. The number of unbranched alkanes of at least 4 members (excludes halogenated alkanes) is 15. The van der Waals surface area contributed by atoms with Crippen LogP contribution < -0.4 is 0 Å². The van der Waals surface area contributed by atoms with E-state index in [-0.39, 0.29) is 37.5 Å². The highest BCUT2D eigenvalue weighted by molar-refractivity contribution is 5.71. The predicted molar refractivity (Wildman–Crippen MR) is 270 cm³/mol. The van der Waals surface area contributed by atoms with Crippen molar-refractivity contribution < 1.29 is 28.6 Å². The number of hydrogen-bond acceptors (Lipinski definition) is 6. The largest absolute Gasteiger partial charge is 0.462 e. The van der Waals surface area contributed by atoms with Crippen LogP contribution in [0.1, 0.15) is 213 Å². The maximum Gasteiger partial charge on any atom is 0.306 e. The van der Waals surface area contributed by atoms with Gasteiger partial charge in [0, 0.05) is 19.3 Å². The SMILES string of the molecule is CC/C=C\C/C=C\C/C=C\C/C=C\C/C=C\C/C=C\C/C=C\CCCC(=O)OCC(COC(=O)CCCCCCCCCCC)OC(=O)CCCCCCC/C=C\C/C=C\CCC. The molecule has 0 rings (SSSR count). The summed E-state index contributed by atoms with van der Waals surface area (Å²) in [5, 5.41) is 0. The first-order valence-electron chi connectivity index (χ1n) is 25.4. The Morgan fingerprint density at radius 1 is 0.333 bits per heavy atom. The first kappa shape index (κ1) is 59.1. The number of hydrogen-bond donors (Lipinski definition) is 0. The Labute approximate surface area is 387 Å². The average molecular weight is 873 g/mol. The summed E-state index contributed by atoms with van der Waals surface area (Å²) in [5.74, 6) is -0.990. The molecular formula is C57H92O6. The number of rotatable bonds is 44. The summed E-state index contributed by atoms with van der Waals surface area (Å²) in [4.78, 5) is 37.8. The van der Waals surface area contributed by atoms with Crippen molar-refractivity contribution in [3.8, 4) is 0 Å². The van der Waals surface area contributed by atoms with Gasteiger partial charge in [0.15, 0.2) is 6.10 Å². The van der Waals surface area contributed by atoms with Gasteiger partial charge in [-0.1, -0.05) is 207 Å².